The van der Waals surface area contributed by atoms with Gasteiger partial charge in [0.1, 0.15) is 11.4 Å². The minimum Gasteiger partial charge on any atom is -0.356 e. The van der Waals surface area contributed by atoms with E-state index in [-0.39, 0.29) is 18.7 Å². The van der Waals surface area contributed by atoms with Gasteiger partial charge in [-0.25, -0.2) is 4.98 Å². The van der Waals surface area contributed by atoms with E-state index in [1.165, 1.54) is 0 Å². The van der Waals surface area contributed by atoms with Gasteiger partial charge in [-0.3, -0.25) is 0 Å². The molecule has 1 aliphatic rings. The SMILES string of the molecule is FC(F)(F)C1(Nc2ccc3ccccc3n2)CC1. The second kappa shape index (κ2) is 3.60. The van der Waals surface area contributed by atoms with Crippen LogP contribution in [-0.4, -0.2) is 16.7 Å². The topological polar surface area (TPSA) is 24.9 Å². The van der Waals surface area contributed by atoms with Crippen LogP contribution in [0, 0.1) is 0 Å². The normalized spacial score (nSPS) is 17.7. The highest BCUT2D eigenvalue weighted by Gasteiger charge is 2.63. The number of nitrogens with one attached hydrogen (secondary N) is 1. The maximum Gasteiger partial charge on any atom is 0.411 e. The van der Waals surface area contributed by atoms with Gasteiger partial charge in [-0.2, -0.15) is 13.2 Å². The van der Waals surface area contributed by atoms with Crippen LogP contribution in [-0.2, 0) is 0 Å². The molecule has 1 saturated carbocycles. The maximum absolute atomic E-state index is 12.8. The minimum absolute atomic E-state index is 0.116. The van der Waals surface area contributed by atoms with Crippen molar-refractivity contribution in [1.82, 2.24) is 4.98 Å². The molecule has 0 saturated heterocycles. The van der Waals surface area contributed by atoms with E-state index in [0.29, 0.717) is 5.52 Å². The van der Waals surface area contributed by atoms with Crippen LogP contribution >= 0.6 is 0 Å². The first-order valence-electron chi connectivity index (χ1n) is 5.71. The van der Waals surface area contributed by atoms with E-state index in [2.05, 4.69) is 10.3 Å². The van der Waals surface area contributed by atoms with Crippen molar-refractivity contribution < 1.29 is 13.2 Å². The number of alkyl halides is 3. The maximum atomic E-state index is 12.8. The third-order valence-electron chi connectivity index (χ3n) is 3.26. The van der Waals surface area contributed by atoms with E-state index in [0.717, 1.165) is 5.39 Å². The van der Waals surface area contributed by atoms with Gasteiger partial charge in [0.15, 0.2) is 0 Å². The van der Waals surface area contributed by atoms with Crippen LogP contribution in [0.2, 0.25) is 0 Å². The summed E-state index contributed by atoms with van der Waals surface area (Å²) >= 11 is 0. The largest absolute Gasteiger partial charge is 0.411 e. The molecule has 1 aromatic heterocycles. The molecule has 0 bridgehead atoms. The zero-order valence-electron chi connectivity index (χ0n) is 9.46. The number of pyridine rings is 1. The molecule has 0 amide bonds. The van der Waals surface area contributed by atoms with Gasteiger partial charge in [0, 0.05) is 5.39 Å². The Hall–Kier alpha value is -1.78. The van der Waals surface area contributed by atoms with Crippen LogP contribution in [0.3, 0.4) is 0 Å². The van der Waals surface area contributed by atoms with E-state index < -0.39 is 11.7 Å². The molecule has 1 fully saturated rings. The van der Waals surface area contributed by atoms with Crippen molar-refractivity contribution in [3.63, 3.8) is 0 Å². The molecule has 0 unspecified atom stereocenters. The lowest BCUT2D eigenvalue weighted by molar-refractivity contribution is -0.151. The number of hydrogen-bond donors (Lipinski definition) is 1. The molecule has 0 spiro atoms. The Morgan fingerprint density at radius 2 is 1.78 bits per heavy atom. The molecule has 18 heavy (non-hydrogen) atoms. The molecule has 1 N–H and O–H groups in total. The monoisotopic (exact) mass is 252 g/mol. The van der Waals surface area contributed by atoms with E-state index in [1.54, 1.807) is 18.2 Å². The van der Waals surface area contributed by atoms with E-state index >= 15 is 0 Å². The molecular formula is C13H11F3N2. The van der Waals surface area contributed by atoms with Gasteiger partial charge in [-0.15, -0.1) is 0 Å². The van der Waals surface area contributed by atoms with Crippen LogP contribution in [0.15, 0.2) is 36.4 Å². The zero-order chi connectivity index (χ0) is 12.8. The number of rotatable bonds is 2. The third-order valence-corrected chi connectivity index (χ3v) is 3.26. The molecule has 0 radical (unpaired) electrons. The van der Waals surface area contributed by atoms with Gasteiger partial charge in [0.05, 0.1) is 5.52 Å². The number of fused-ring (bicyclic) bond motifs is 1. The van der Waals surface area contributed by atoms with Gasteiger partial charge in [-0.05, 0) is 31.0 Å². The number of anilines is 1. The highest BCUT2D eigenvalue weighted by Crippen LogP contribution is 2.50. The number of benzene rings is 1. The molecule has 2 aromatic rings. The fourth-order valence-corrected chi connectivity index (χ4v) is 1.99. The van der Waals surface area contributed by atoms with Crippen LogP contribution < -0.4 is 5.32 Å². The van der Waals surface area contributed by atoms with E-state index in [1.807, 2.05) is 18.2 Å². The van der Waals surface area contributed by atoms with Gasteiger partial charge in [-0.1, -0.05) is 18.2 Å². The lowest BCUT2D eigenvalue weighted by Crippen LogP contribution is -2.38. The molecule has 1 heterocycles. The van der Waals surface area contributed by atoms with E-state index in [9.17, 15) is 13.2 Å². The molecule has 0 aliphatic heterocycles. The summed E-state index contributed by atoms with van der Waals surface area (Å²) in [6, 6.07) is 10.7. The molecule has 94 valence electrons. The number of nitrogens with zero attached hydrogens (tertiary/aromatic N) is 1. The highest BCUT2D eigenvalue weighted by molar-refractivity contribution is 5.80. The van der Waals surface area contributed by atoms with Crippen LogP contribution in [0.1, 0.15) is 12.8 Å². The Morgan fingerprint density at radius 1 is 1.06 bits per heavy atom. The summed E-state index contributed by atoms with van der Waals surface area (Å²) in [5, 5.41) is 3.44. The van der Waals surface area contributed by atoms with Crippen molar-refractivity contribution in [2.45, 2.75) is 24.6 Å². The quantitative estimate of drug-likeness (QED) is 0.880. The van der Waals surface area contributed by atoms with Crippen molar-refractivity contribution in [2.24, 2.45) is 0 Å². The number of para-hydroxylation sites is 1. The summed E-state index contributed by atoms with van der Waals surface area (Å²) in [4.78, 5) is 4.20. The summed E-state index contributed by atoms with van der Waals surface area (Å²) < 4.78 is 38.4. The number of aromatic nitrogens is 1. The minimum atomic E-state index is -4.22. The number of halogens is 3. The summed E-state index contributed by atoms with van der Waals surface area (Å²) in [5.41, 5.74) is -1.07. The Bertz CT molecular complexity index is 588. The first-order valence-corrected chi connectivity index (χ1v) is 5.71. The molecule has 0 atom stereocenters. The first kappa shape index (κ1) is 11.3. The first-order chi connectivity index (χ1) is 8.50. The van der Waals surface area contributed by atoms with Crippen molar-refractivity contribution >= 4 is 16.7 Å². The summed E-state index contributed by atoms with van der Waals surface area (Å²) in [7, 11) is 0. The van der Waals surface area contributed by atoms with E-state index in [4.69, 9.17) is 0 Å². The van der Waals surface area contributed by atoms with Crippen molar-refractivity contribution in [3.8, 4) is 0 Å². The lowest BCUT2D eigenvalue weighted by Gasteiger charge is -2.21. The molecule has 3 rings (SSSR count). The Morgan fingerprint density at radius 3 is 2.44 bits per heavy atom. The van der Waals surface area contributed by atoms with Crippen LogP contribution in [0.4, 0.5) is 19.0 Å². The summed E-state index contributed by atoms with van der Waals surface area (Å²) in [6.45, 7) is 0. The average molecular weight is 252 g/mol. The Labute approximate surface area is 102 Å². The van der Waals surface area contributed by atoms with Crippen molar-refractivity contribution in [1.29, 1.82) is 0 Å². The standard InChI is InChI=1S/C13H11F3N2/c14-13(15,16)12(7-8-12)18-11-6-5-9-3-1-2-4-10(9)17-11/h1-6H,7-8H2,(H,17,18). The molecular weight excluding hydrogens is 241 g/mol. The predicted octanol–water partition coefficient (Wildman–Crippen LogP) is 3.74. The Balaban J connectivity index is 1.92. The Kier molecular flexibility index (Phi) is 2.27. The van der Waals surface area contributed by atoms with Gasteiger partial charge < -0.3 is 5.32 Å². The fraction of sp³-hybridized carbons (Fsp3) is 0.308. The third kappa shape index (κ3) is 1.79. The predicted molar refractivity (Wildman–Crippen MR) is 63.4 cm³/mol. The van der Waals surface area contributed by atoms with Gasteiger partial charge in [0.25, 0.3) is 0 Å². The average Bonchev–Trinajstić information content (AvgIpc) is 3.09. The second-order valence-electron chi connectivity index (χ2n) is 4.59. The second-order valence-corrected chi connectivity index (χ2v) is 4.59. The summed E-state index contributed by atoms with van der Waals surface area (Å²) in [5.74, 6) is 0.281. The number of hydrogen-bond acceptors (Lipinski definition) is 2. The lowest BCUT2D eigenvalue weighted by atomic mass is 10.2. The zero-order valence-corrected chi connectivity index (χ0v) is 9.46. The molecule has 5 heteroatoms. The highest BCUT2D eigenvalue weighted by atomic mass is 19.4. The smallest absolute Gasteiger partial charge is 0.356 e. The van der Waals surface area contributed by atoms with Crippen molar-refractivity contribution in [2.75, 3.05) is 5.32 Å². The summed E-state index contributed by atoms with van der Waals surface area (Å²) in [6.07, 6.45) is -3.99. The molecule has 1 aromatic carbocycles. The molecule has 2 nitrogen and oxygen atoms in total. The fourth-order valence-electron chi connectivity index (χ4n) is 1.99. The van der Waals surface area contributed by atoms with Crippen LogP contribution in [0.25, 0.3) is 10.9 Å². The van der Waals surface area contributed by atoms with Crippen LogP contribution in [0.5, 0.6) is 0 Å². The van der Waals surface area contributed by atoms with Gasteiger partial charge >= 0.3 is 6.18 Å². The van der Waals surface area contributed by atoms with Crippen molar-refractivity contribution in [3.05, 3.63) is 36.4 Å². The molecule has 1 aliphatic carbocycles. The van der Waals surface area contributed by atoms with Gasteiger partial charge in [0.2, 0.25) is 0 Å².